The van der Waals surface area contributed by atoms with E-state index in [9.17, 15) is 4.79 Å². The Morgan fingerprint density at radius 3 is 3.05 bits per heavy atom. The molecule has 0 spiro atoms. The summed E-state index contributed by atoms with van der Waals surface area (Å²) >= 11 is 0. The smallest absolute Gasteiger partial charge is 0.237 e. The zero-order chi connectivity index (χ0) is 15.4. The van der Waals surface area contributed by atoms with Gasteiger partial charge in [-0.25, -0.2) is 0 Å². The van der Waals surface area contributed by atoms with Gasteiger partial charge in [-0.05, 0) is 37.0 Å². The number of fused-ring (bicyclic) bond motifs is 1. The number of carbonyl (C=O) groups is 1. The lowest BCUT2D eigenvalue weighted by atomic mass is 10.1. The summed E-state index contributed by atoms with van der Waals surface area (Å²) in [5.41, 5.74) is 1.01. The second-order valence-electron chi connectivity index (χ2n) is 5.54. The average molecular weight is 306 g/mol. The molecule has 2 aliphatic heterocycles. The van der Waals surface area contributed by atoms with Crippen LogP contribution >= 0.6 is 0 Å². The van der Waals surface area contributed by atoms with E-state index in [1.54, 1.807) is 7.11 Å². The largest absolute Gasteiger partial charge is 0.493 e. The maximum atomic E-state index is 11.9. The van der Waals surface area contributed by atoms with Crippen molar-refractivity contribution in [2.24, 2.45) is 0 Å². The summed E-state index contributed by atoms with van der Waals surface area (Å²) in [6.45, 7) is 2.43. The summed E-state index contributed by atoms with van der Waals surface area (Å²) in [4.78, 5) is 11.9. The molecule has 6 nitrogen and oxygen atoms in total. The summed E-state index contributed by atoms with van der Waals surface area (Å²) < 4.78 is 16.6. The number of amides is 1. The molecule has 2 N–H and O–H groups in total. The first-order valence-electron chi connectivity index (χ1n) is 7.75. The molecule has 120 valence electrons. The lowest BCUT2D eigenvalue weighted by molar-refractivity contribution is -0.122. The molecular weight excluding hydrogens is 284 g/mol. The highest BCUT2D eigenvalue weighted by Crippen LogP contribution is 2.40. The summed E-state index contributed by atoms with van der Waals surface area (Å²) in [5, 5.41) is 6.25. The lowest BCUT2D eigenvalue weighted by Gasteiger charge is -2.22. The SMILES string of the molecule is COc1cc(CN[C@@H]2CCCCNC2=O)cc2c1OCCO2. The van der Waals surface area contributed by atoms with E-state index in [1.807, 2.05) is 12.1 Å². The number of methoxy groups -OCH3 is 1. The van der Waals surface area contributed by atoms with Crippen molar-refractivity contribution in [3.8, 4) is 17.2 Å². The molecule has 1 aromatic carbocycles. The Kier molecular flexibility index (Phi) is 4.68. The Labute approximate surface area is 130 Å². The van der Waals surface area contributed by atoms with Gasteiger partial charge in [0, 0.05) is 13.1 Å². The maximum Gasteiger partial charge on any atom is 0.237 e. The first-order valence-corrected chi connectivity index (χ1v) is 7.75. The number of hydrogen-bond donors (Lipinski definition) is 2. The number of nitrogens with one attached hydrogen (secondary N) is 2. The van der Waals surface area contributed by atoms with Crippen LogP contribution in [0.4, 0.5) is 0 Å². The molecule has 1 saturated heterocycles. The molecular formula is C16H22N2O4. The number of rotatable bonds is 4. The van der Waals surface area contributed by atoms with Gasteiger partial charge in [-0.1, -0.05) is 0 Å². The van der Waals surface area contributed by atoms with Crippen LogP contribution in [0.3, 0.4) is 0 Å². The van der Waals surface area contributed by atoms with Crippen molar-refractivity contribution < 1.29 is 19.0 Å². The normalized spacial score (nSPS) is 21.0. The second-order valence-corrected chi connectivity index (χ2v) is 5.54. The van der Waals surface area contributed by atoms with Crippen LogP contribution in [0.25, 0.3) is 0 Å². The zero-order valence-corrected chi connectivity index (χ0v) is 12.8. The minimum absolute atomic E-state index is 0.0852. The van der Waals surface area contributed by atoms with E-state index in [0.29, 0.717) is 37.0 Å². The Hall–Kier alpha value is -1.95. The van der Waals surface area contributed by atoms with Gasteiger partial charge in [-0.2, -0.15) is 0 Å². The van der Waals surface area contributed by atoms with Crippen molar-refractivity contribution in [2.45, 2.75) is 31.8 Å². The zero-order valence-electron chi connectivity index (χ0n) is 12.8. The molecule has 1 atom stereocenters. The highest BCUT2D eigenvalue weighted by molar-refractivity contribution is 5.81. The van der Waals surface area contributed by atoms with Crippen LogP contribution in [0.5, 0.6) is 17.2 Å². The van der Waals surface area contributed by atoms with Gasteiger partial charge in [0.25, 0.3) is 0 Å². The molecule has 0 unspecified atom stereocenters. The van der Waals surface area contributed by atoms with E-state index in [1.165, 1.54) is 0 Å². The number of hydrogen-bond acceptors (Lipinski definition) is 5. The second kappa shape index (κ2) is 6.87. The predicted octanol–water partition coefficient (Wildman–Crippen LogP) is 1.22. The lowest BCUT2D eigenvalue weighted by Crippen LogP contribution is -2.42. The molecule has 22 heavy (non-hydrogen) atoms. The molecule has 1 fully saturated rings. The molecule has 0 radical (unpaired) electrons. The van der Waals surface area contributed by atoms with Crippen molar-refractivity contribution >= 4 is 5.91 Å². The van der Waals surface area contributed by atoms with Crippen LogP contribution in [0.1, 0.15) is 24.8 Å². The third-order valence-corrected chi connectivity index (χ3v) is 3.98. The van der Waals surface area contributed by atoms with Gasteiger partial charge in [0.2, 0.25) is 11.7 Å². The Balaban J connectivity index is 1.70. The van der Waals surface area contributed by atoms with Crippen LogP contribution in [0.15, 0.2) is 12.1 Å². The van der Waals surface area contributed by atoms with Crippen LogP contribution in [0, 0.1) is 0 Å². The topological polar surface area (TPSA) is 68.8 Å². The summed E-state index contributed by atoms with van der Waals surface area (Å²) in [5.74, 6) is 2.11. The van der Waals surface area contributed by atoms with Crippen molar-refractivity contribution in [3.63, 3.8) is 0 Å². The molecule has 1 aromatic rings. The third-order valence-electron chi connectivity index (χ3n) is 3.98. The van der Waals surface area contributed by atoms with Crippen molar-refractivity contribution in [1.29, 1.82) is 0 Å². The van der Waals surface area contributed by atoms with E-state index in [-0.39, 0.29) is 11.9 Å². The fourth-order valence-electron chi connectivity index (χ4n) is 2.80. The van der Waals surface area contributed by atoms with Gasteiger partial charge in [0.05, 0.1) is 13.2 Å². The molecule has 2 aliphatic rings. The minimum Gasteiger partial charge on any atom is -0.493 e. The van der Waals surface area contributed by atoms with E-state index < -0.39 is 0 Å². The highest BCUT2D eigenvalue weighted by atomic mass is 16.6. The Morgan fingerprint density at radius 1 is 1.32 bits per heavy atom. The van der Waals surface area contributed by atoms with Crippen molar-refractivity contribution in [3.05, 3.63) is 17.7 Å². The van der Waals surface area contributed by atoms with Crippen LogP contribution < -0.4 is 24.8 Å². The van der Waals surface area contributed by atoms with Gasteiger partial charge >= 0.3 is 0 Å². The van der Waals surface area contributed by atoms with Crippen LogP contribution in [-0.2, 0) is 11.3 Å². The highest BCUT2D eigenvalue weighted by Gasteiger charge is 2.21. The Bertz CT molecular complexity index is 530. The van der Waals surface area contributed by atoms with Gasteiger partial charge in [0.1, 0.15) is 13.2 Å². The van der Waals surface area contributed by atoms with E-state index in [0.717, 1.165) is 31.4 Å². The first kappa shape index (κ1) is 15.0. The quantitative estimate of drug-likeness (QED) is 0.875. The summed E-state index contributed by atoms with van der Waals surface area (Å²) in [6.07, 6.45) is 2.97. The van der Waals surface area contributed by atoms with Crippen LogP contribution in [-0.4, -0.2) is 38.8 Å². The van der Waals surface area contributed by atoms with E-state index in [2.05, 4.69) is 10.6 Å². The first-order chi connectivity index (χ1) is 10.8. The standard InChI is InChI=1S/C16H22N2O4/c1-20-13-8-11(9-14-15(13)22-7-6-21-14)10-18-12-4-2-3-5-17-16(12)19/h8-9,12,18H,2-7,10H2,1H3,(H,17,19)/t12-/m1/s1. The summed E-state index contributed by atoms with van der Waals surface area (Å²) in [6, 6.07) is 3.73. The van der Waals surface area contributed by atoms with Crippen molar-refractivity contribution in [2.75, 3.05) is 26.9 Å². The third kappa shape index (κ3) is 3.27. The van der Waals surface area contributed by atoms with E-state index >= 15 is 0 Å². The predicted molar refractivity (Wildman–Crippen MR) is 81.5 cm³/mol. The number of carbonyl (C=O) groups excluding carboxylic acids is 1. The maximum absolute atomic E-state index is 11.9. The molecule has 1 amide bonds. The number of benzene rings is 1. The van der Waals surface area contributed by atoms with E-state index in [4.69, 9.17) is 14.2 Å². The molecule has 0 aliphatic carbocycles. The van der Waals surface area contributed by atoms with Crippen LogP contribution in [0.2, 0.25) is 0 Å². The van der Waals surface area contributed by atoms with Crippen molar-refractivity contribution in [1.82, 2.24) is 10.6 Å². The molecule has 6 heteroatoms. The minimum atomic E-state index is -0.137. The van der Waals surface area contributed by atoms with Gasteiger partial charge < -0.3 is 24.8 Å². The molecule has 0 aromatic heterocycles. The average Bonchev–Trinajstić information content (AvgIpc) is 2.76. The summed E-state index contributed by atoms with van der Waals surface area (Å²) in [7, 11) is 1.61. The fourth-order valence-corrected chi connectivity index (χ4v) is 2.80. The number of ether oxygens (including phenoxy) is 3. The Morgan fingerprint density at radius 2 is 2.18 bits per heavy atom. The molecule has 0 saturated carbocycles. The van der Waals surface area contributed by atoms with Gasteiger partial charge in [-0.15, -0.1) is 0 Å². The fraction of sp³-hybridized carbons (Fsp3) is 0.562. The van der Waals surface area contributed by atoms with Gasteiger partial charge in [0.15, 0.2) is 11.5 Å². The molecule has 3 rings (SSSR count). The van der Waals surface area contributed by atoms with Gasteiger partial charge in [-0.3, -0.25) is 4.79 Å². The molecule has 2 heterocycles. The molecule has 0 bridgehead atoms. The monoisotopic (exact) mass is 306 g/mol.